The lowest BCUT2D eigenvalue weighted by Crippen LogP contribution is -2.30. The van der Waals surface area contributed by atoms with Crippen molar-refractivity contribution in [3.05, 3.63) is 42.2 Å². The summed E-state index contributed by atoms with van der Waals surface area (Å²) in [7, 11) is 6.22. The molecule has 4 heterocycles. The van der Waals surface area contributed by atoms with Crippen LogP contribution in [0.1, 0.15) is 39.3 Å². The molecular weight excluding hydrogens is 514 g/mol. The molecule has 0 radical (unpaired) electrons. The quantitative estimate of drug-likeness (QED) is 0.296. The van der Waals surface area contributed by atoms with Gasteiger partial charge in [-0.15, -0.1) is 0 Å². The Morgan fingerprint density at radius 3 is 2.93 bits per heavy atom. The summed E-state index contributed by atoms with van der Waals surface area (Å²) in [5.41, 5.74) is 4.13. The van der Waals surface area contributed by atoms with E-state index in [2.05, 4.69) is 77.3 Å². The van der Waals surface area contributed by atoms with Crippen molar-refractivity contribution in [2.45, 2.75) is 33.6 Å². The number of fused-ring (bicyclic) bond motifs is 2. The van der Waals surface area contributed by atoms with Gasteiger partial charge in [0, 0.05) is 56.0 Å². The Bertz CT molecular complexity index is 1410. The summed E-state index contributed by atoms with van der Waals surface area (Å²) in [6, 6.07) is 8.22. The maximum absolute atomic E-state index is 6.29. The Hall–Kier alpha value is -3.27. The number of rotatable bonds is 12. The Morgan fingerprint density at radius 2 is 2.17 bits per heavy atom. The molecule has 2 N–H and O–H groups in total. The molecule has 0 spiro atoms. The molecule has 1 unspecified atom stereocenters. The molecule has 3 aromatic rings. The van der Waals surface area contributed by atoms with E-state index in [0.717, 1.165) is 40.8 Å². The van der Waals surface area contributed by atoms with E-state index in [1.807, 2.05) is 19.2 Å². The van der Waals surface area contributed by atoms with Crippen LogP contribution in [-0.4, -0.2) is 97.7 Å². The predicted molar refractivity (Wildman–Crippen MR) is 168 cm³/mol. The lowest BCUT2D eigenvalue weighted by atomic mass is 9.86. The molecule has 5 rings (SSSR count). The van der Waals surface area contributed by atoms with E-state index >= 15 is 0 Å². The number of anilines is 1. The van der Waals surface area contributed by atoms with Crippen molar-refractivity contribution in [3.8, 4) is 17.1 Å². The first-order valence-electron chi connectivity index (χ1n) is 14.8. The van der Waals surface area contributed by atoms with Crippen LogP contribution in [0.5, 0.6) is 5.75 Å². The van der Waals surface area contributed by atoms with Gasteiger partial charge in [-0.1, -0.05) is 32.1 Å². The first kappa shape index (κ1) is 29.2. The molecule has 1 saturated heterocycles. The zero-order valence-electron chi connectivity index (χ0n) is 25.5. The number of likely N-dealkylation sites (tertiary alicyclic amines) is 1. The number of nitrogens with one attached hydrogen (secondary N) is 2. The number of aromatic nitrogens is 3. The van der Waals surface area contributed by atoms with Crippen molar-refractivity contribution in [2.24, 2.45) is 16.3 Å². The van der Waals surface area contributed by atoms with Crippen LogP contribution >= 0.6 is 0 Å². The summed E-state index contributed by atoms with van der Waals surface area (Å²) in [5.74, 6) is 2.79. The third-order valence-corrected chi connectivity index (χ3v) is 8.23. The molecule has 220 valence electrons. The summed E-state index contributed by atoms with van der Waals surface area (Å²) in [5, 5.41) is 4.51. The molecule has 2 aliphatic rings. The zero-order valence-corrected chi connectivity index (χ0v) is 25.5. The van der Waals surface area contributed by atoms with Gasteiger partial charge >= 0.3 is 0 Å². The van der Waals surface area contributed by atoms with Crippen molar-refractivity contribution in [3.63, 3.8) is 0 Å². The minimum Gasteiger partial charge on any atom is -0.432 e. The highest BCUT2D eigenvalue weighted by molar-refractivity contribution is 6.24. The molecule has 2 aromatic heterocycles. The van der Waals surface area contributed by atoms with Crippen molar-refractivity contribution in [1.82, 2.24) is 24.8 Å². The number of benzene rings is 1. The van der Waals surface area contributed by atoms with Gasteiger partial charge in [0.15, 0.2) is 17.4 Å². The molecule has 41 heavy (non-hydrogen) atoms. The molecule has 2 aliphatic heterocycles. The van der Waals surface area contributed by atoms with Crippen LogP contribution < -0.4 is 10.1 Å². The maximum Gasteiger partial charge on any atom is 0.224 e. The third-order valence-electron chi connectivity index (χ3n) is 8.23. The fourth-order valence-corrected chi connectivity index (χ4v) is 6.06. The lowest BCUT2D eigenvalue weighted by molar-refractivity contribution is 0.158. The molecular formula is C32H45N7O2. The number of ether oxygens (including phenoxy) is 2. The van der Waals surface area contributed by atoms with E-state index in [9.17, 15) is 0 Å². The highest BCUT2D eigenvalue weighted by Gasteiger charge is 2.33. The standard InChI is InChI=1S/C32H45N7O2/c1-7-40-18-15-35-30-28-27(36-29(37-30)24-9-8-10-26-23(24)11-14-34-26)25(31(33-4)41-28)19-22(2)20-38(5)16-12-32(3)13-17-39(6)21-32/h8-11,14,19,22,34H,7,12-13,15-18,20-21H2,1-6H3,(H,35,36,37)/b25-19-,33-31+/t22-,32?/m0/s1. The lowest BCUT2D eigenvalue weighted by Gasteiger charge is -2.28. The summed E-state index contributed by atoms with van der Waals surface area (Å²) < 4.78 is 11.9. The molecule has 1 aromatic carbocycles. The molecule has 9 nitrogen and oxygen atoms in total. The van der Waals surface area contributed by atoms with E-state index in [0.29, 0.717) is 48.5 Å². The smallest absolute Gasteiger partial charge is 0.224 e. The van der Waals surface area contributed by atoms with Gasteiger partial charge in [-0.3, -0.25) is 4.99 Å². The minimum atomic E-state index is 0.279. The van der Waals surface area contributed by atoms with Crippen LogP contribution in [0, 0.1) is 11.3 Å². The minimum absolute atomic E-state index is 0.279. The number of hydrogen-bond donors (Lipinski definition) is 2. The van der Waals surface area contributed by atoms with Crippen LogP contribution in [0.2, 0.25) is 0 Å². The van der Waals surface area contributed by atoms with Crippen molar-refractivity contribution in [2.75, 3.05) is 72.4 Å². The van der Waals surface area contributed by atoms with Gasteiger partial charge in [0.05, 0.1) is 12.2 Å². The van der Waals surface area contributed by atoms with Crippen LogP contribution in [-0.2, 0) is 4.74 Å². The van der Waals surface area contributed by atoms with Crippen LogP contribution in [0.25, 0.3) is 27.9 Å². The largest absolute Gasteiger partial charge is 0.432 e. The first-order chi connectivity index (χ1) is 19.8. The van der Waals surface area contributed by atoms with Gasteiger partial charge in [-0.05, 0) is 70.4 Å². The van der Waals surface area contributed by atoms with E-state index in [4.69, 9.17) is 19.4 Å². The molecule has 0 aliphatic carbocycles. The van der Waals surface area contributed by atoms with Gasteiger partial charge in [0.25, 0.3) is 0 Å². The second-order valence-corrected chi connectivity index (χ2v) is 11.9. The monoisotopic (exact) mass is 559 g/mol. The number of aromatic amines is 1. The van der Waals surface area contributed by atoms with E-state index in [-0.39, 0.29) is 5.92 Å². The first-order valence-corrected chi connectivity index (χ1v) is 14.8. The molecule has 0 amide bonds. The molecule has 9 heteroatoms. The topological polar surface area (TPSA) is 90.9 Å². The number of aliphatic imine (C=N–C) groups is 1. The fourth-order valence-electron chi connectivity index (χ4n) is 6.06. The zero-order chi connectivity index (χ0) is 29.0. The van der Waals surface area contributed by atoms with Crippen LogP contribution in [0.15, 0.2) is 41.5 Å². The third kappa shape index (κ3) is 6.63. The average molecular weight is 560 g/mol. The van der Waals surface area contributed by atoms with E-state index < -0.39 is 0 Å². The maximum atomic E-state index is 6.29. The van der Waals surface area contributed by atoms with Gasteiger partial charge in [-0.2, -0.15) is 0 Å². The summed E-state index contributed by atoms with van der Waals surface area (Å²) in [6.45, 7) is 13.0. The number of nitrogens with zero attached hydrogens (tertiary/aromatic N) is 5. The van der Waals surface area contributed by atoms with Crippen molar-refractivity contribution in [1.29, 1.82) is 0 Å². The highest BCUT2D eigenvalue weighted by atomic mass is 16.5. The fraction of sp³-hybridized carbons (Fsp3) is 0.531. The van der Waals surface area contributed by atoms with Gasteiger partial charge in [-0.25, -0.2) is 9.97 Å². The predicted octanol–water partition coefficient (Wildman–Crippen LogP) is 5.18. The number of hydrogen-bond acceptors (Lipinski definition) is 8. The summed E-state index contributed by atoms with van der Waals surface area (Å²) >= 11 is 0. The molecule has 0 saturated carbocycles. The molecule has 2 atom stereocenters. The Morgan fingerprint density at radius 1 is 1.32 bits per heavy atom. The van der Waals surface area contributed by atoms with Crippen molar-refractivity contribution < 1.29 is 9.47 Å². The van der Waals surface area contributed by atoms with Crippen LogP contribution in [0.3, 0.4) is 0 Å². The van der Waals surface area contributed by atoms with E-state index in [1.165, 1.54) is 25.9 Å². The summed E-state index contributed by atoms with van der Waals surface area (Å²) in [6.07, 6.45) is 6.69. The second-order valence-electron chi connectivity index (χ2n) is 11.9. The Balaban J connectivity index is 1.42. The highest BCUT2D eigenvalue weighted by Crippen LogP contribution is 2.41. The molecule has 1 fully saturated rings. The van der Waals surface area contributed by atoms with Gasteiger partial charge in [0.2, 0.25) is 5.90 Å². The van der Waals surface area contributed by atoms with Crippen molar-refractivity contribution >= 4 is 28.2 Å². The van der Waals surface area contributed by atoms with Gasteiger partial charge in [0.1, 0.15) is 5.69 Å². The number of H-pyrrole nitrogens is 1. The Labute approximate surface area is 244 Å². The van der Waals surface area contributed by atoms with E-state index in [1.54, 1.807) is 7.05 Å². The SMILES string of the molecule is CCOCCNc1nc(-c2cccc3[nH]ccc23)nc2c1OC(=N/C)/C2=C\[C@H](C)CN(C)CCC1(C)CCN(C)C1. The van der Waals surface area contributed by atoms with Gasteiger partial charge < -0.3 is 29.6 Å². The Kier molecular flexibility index (Phi) is 9.06. The average Bonchev–Trinajstić information content (AvgIpc) is 3.67. The second kappa shape index (κ2) is 12.7. The van der Waals surface area contributed by atoms with Crippen LogP contribution in [0.4, 0.5) is 5.82 Å². The summed E-state index contributed by atoms with van der Waals surface area (Å²) in [4.78, 5) is 22.7. The normalized spacial score (nSPS) is 21.7. The molecule has 0 bridgehead atoms.